The number of hydrogen-bond donors (Lipinski definition) is 0. The van der Waals surface area contributed by atoms with Crippen molar-refractivity contribution in [3.05, 3.63) is 35.9 Å². The Morgan fingerprint density at radius 2 is 1.34 bits per heavy atom. The molecule has 0 aromatic heterocycles. The fraction of sp³-hybridized carbons (Fsp3) is 0.806. The number of benzene rings is 1. The summed E-state index contributed by atoms with van der Waals surface area (Å²) in [5.74, 6) is 1.52. The van der Waals surface area contributed by atoms with Gasteiger partial charge in [-0.05, 0) is 79.1 Å². The molecule has 234 valence electrons. The second kappa shape index (κ2) is 15.3. The molecule has 3 nitrogen and oxygen atoms in total. The van der Waals surface area contributed by atoms with Crippen molar-refractivity contribution in [1.82, 2.24) is 9.80 Å². The van der Waals surface area contributed by atoms with E-state index in [0.717, 1.165) is 50.0 Å². The van der Waals surface area contributed by atoms with Crippen molar-refractivity contribution in [2.24, 2.45) is 29.6 Å². The van der Waals surface area contributed by atoms with E-state index in [0.29, 0.717) is 30.1 Å². The van der Waals surface area contributed by atoms with Crippen molar-refractivity contribution in [3.63, 3.8) is 0 Å². The van der Waals surface area contributed by atoms with Crippen LogP contribution in [0.15, 0.2) is 30.3 Å². The highest BCUT2D eigenvalue weighted by Gasteiger charge is 2.46. The predicted molar refractivity (Wildman–Crippen MR) is 168 cm³/mol. The van der Waals surface area contributed by atoms with Crippen LogP contribution in [-0.4, -0.2) is 53.9 Å². The second-order valence-electron chi connectivity index (χ2n) is 14.5. The standard InChI is InChI=1S/C15H28N2O.C12H16.C9H16F2/c1-12(2)14-5-4-6-15(11-14)17-9-7-16(8-10-17)13(3)18;1-10(2)12(8-9-12)11-6-4-3-5-7-11;1-7(2)8-3-5-9(10,11)6-4-8/h12,14-15H,4-11H2,1-3H3;3-7,10H,8-9H2,1-2H3;7-8H,3-6H2,1-2H3. The van der Waals surface area contributed by atoms with E-state index in [4.69, 9.17) is 0 Å². The number of piperazine rings is 1. The van der Waals surface area contributed by atoms with E-state index in [1.807, 2.05) is 4.90 Å². The molecule has 41 heavy (non-hydrogen) atoms. The third-order valence-electron chi connectivity index (χ3n) is 10.9. The molecule has 1 heterocycles. The van der Waals surface area contributed by atoms with Crippen molar-refractivity contribution in [2.45, 2.75) is 130 Å². The van der Waals surface area contributed by atoms with Crippen molar-refractivity contribution >= 4 is 5.91 Å². The maximum Gasteiger partial charge on any atom is 0.248 e. The van der Waals surface area contributed by atoms with Gasteiger partial charge in [0.2, 0.25) is 11.8 Å². The Kier molecular flexibility index (Phi) is 12.7. The van der Waals surface area contributed by atoms with E-state index in [-0.39, 0.29) is 18.7 Å². The van der Waals surface area contributed by atoms with Crippen LogP contribution in [-0.2, 0) is 10.2 Å². The maximum absolute atomic E-state index is 12.6. The molecule has 1 aliphatic heterocycles. The van der Waals surface area contributed by atoms with Crippen LogP contribution < -0.4 is 0 Å². The van der Waals surface area contributed by atoms with Crippen molar-refractivity contribution in [1.29, 1.82) is 0 Å². The molecule has 0 N–H and O–H groups in total. The van der Waals surface area contributed by atoms with Gasteiger partial charge in [0.15, 0.2) is 0 Å². The van der Waals surface area contributed by atoms with Crippen LogP contribution in [0.25, 0.3) is 0 Å². The first-order valence-electron chi connectivity index (χ1n) is 16.8. The molecule has 0 bridgehead atoms. The summed E-state index contributed by atoms with van der Waals surface area (Å²) >= 11 is 0. The van der Waals surface area contributed by atoms with Gasteiger partial charge in [-0.2, -0.15) is 0 Å². The molecule has 4 aliphatic rings. The molecule has 1 aromatic rings. The second-order valence-corrected chi connectivity index (χ2v) is 14.5. The van der Waals surface area contributed by atoms with E-state index in [2.05, 4.69) is 76.8 Å². The SMILES string of the molecule is CC(=O)N1CCN(C2CCCC(C(C)C)C2)CC1.CC(C)C1(c2ccccc2)CC1.CC(C)C1CCC(F)(F)CC1. The van der Waals surface area contributed by atoms with Gasteiger partial charge in [-0.1, -0.05) is 84.7 Å². The molecule has 3 saturated carbocycles. The van der Waals surface area contributed by atoms with Crippen molar-refractivity contribution in [3.8, 4) is 0 Å². The van der Waals surface area contributed by atoms with Crippen LogP contribution >= 0.6 is 0 Å². The zero-order valence-corrected chi connectivity index (χ0v) is 27.3. The number of alkyl halides is 2. The van der Waals surface area contributed by atoms with Gasteiger partial charge >= 0.3 is 0 Å². The monoisotopic (exact) mass is 574 g/mol. The van der Waals surface area contributed by atoms with Gasteiger partial charge in [-0.3, -0.25) is 9.69 Å². The van der Waals surface area contributed by atoms with E-state index < -0.39 is 5.92 Å². The van der Waals surface area contributed by atoms with E-state index in [1.54, 1.807) is 12.5 Å². The molecule has 5 rings (SSSR count). The van der Waals surface area contributed by atoms with Crippen LogP contribution in [0.5, 0.6) is 0 Å². The lowest BCUT2D eigenvalue weighted by atomic mass is 9.78. The Morgan fingerprint density at radius 3 is 1.80 bits per heavy atom. The Bertz CT molecular complexity index is 893. The number of carbonyl (C=O) groups excluding carboxylic acids is 1. The molecule has 2 atom stereocenters. The van der Waals surface area contributed by atoms with E-state index >= 15 is 0 Å². The summed E-state index contributed by atoms with van der Waals surface area (Å²) in [6, 6.07) is 11.7. The summed E-state index contributed by atoms with van der Waals surface area (Å²) in [6.07, 6.45) is 9.95. The van der Waals surface area contributed by atoms with Crippen LogP contribution in [0.1, 0.15) is 118 Å². The van der Waals surface area contributed by atoms with E-state index in [9.17, 15) is 13.6 Å². The Hall–Kier alpha value is -1.49. The minimum Gasteiger partial charge on any atom is -0.340 e. The molecule has 1 saturated heterocycles. The summed E-state index contributed by atoms with van der Waals surface area (Å²) in [4.78, 5) is 15.9. The lowest BCUT2D eigenvalue weighted by molar-refractivity contribution is -0.131. The fourth-order valence-electron chi connectivity index (χ4n) is 7.37. The van der Waals surface area contributed by atoms with Gasteiger partial charge in [0.25, 0.3) is 0 Å². The van der Waals surface area contributed by atoms with Gasteiger partial charge in [0.1, 0.15) is 0 Å². The number of nitrogens with zero attached hydrogens (tertiary/aromatic N) is 2. The molecule has 4 fully saturated rings. The Morgan fingerprint density at radius 1 is 0.780 bits per heavy atom. The highest BCUT2D eigenvalue weighted by molar-refractivity contribution is 5.73. The molecule has 2 unspecified atom stereocenters. The van der Waals surface area contributed by atoms with Gasteiger partial charge in [0.05, 0.1) is 0 Å². The smallest absolute Gasteiger partial charge is 0.248 e. The fourth-order valence-corrected chi connectivity index (χ4v) is 7.37. The first-order chi connectivity index (χ1) is 19.3. The summed E-state index contributed by atoms with van der Waals surface area (Å²) in [6.45, 7) is 19.3. The van der Waals surface area contributed by atoms with Crippen LogP contribution in [0.4, 0.5) is 8.78 Å². The summed E-state index contributed by atoms with van der Waals surface area (Å²) in [7, 11) is 0. The van der Waals surface area contributed by atoms with Gasteiger partial charge in [0, 0.05) is 52.0 Å². The lowest BCUT2D eigenvalue weighted by Gasteiger charge is -2.43. The normalized spacial score (nSPS) is 26.2. The quantitative estimate of drug-likeness (QED) is 0.350. The highest BCUT2D eigenvalue weighted by Crippen LogP contribution is 2.53. The molecule has 0 radical (unpaired) electrons. The first-order valence-corrected chi connectivity index (χ1v) is 16.8. The largest absolute Gasteiger partial charge is 0.340 e. The van der Waals surface area contributed by atoms with Crippen molar-refractivity contribution < 1.29 is 13.6 Å². The molecular weight excluding hydrogens is 514 g/mol. The average molecular weight is 575 g/mol. The minimum atomic E-state index is -2.36. The lowest BCUT2D eigenvalue weighted by Crippen LogP contribution is -2.52. The van der Waals surface area contributed by atoms with Gasteiger partial charge in [-0.15, -0.1) is 0 Å². The predicted octanol–water partition coefficient (Wildman–Crippen LogP) is 9.21. The summed E-state index contributed by atoms with van der Waals surface area (Å²) in [5.41, 5.74) is 2.08. The molecule has 1 amide bonds. The highest BCUT2D eigenvalue weighted by atomic mass is 19.3. The Labute approximate surface area is 250 Å². The zero-order valence-electron chi connectivity index (χ0n) is 27.3. The van der Waals surface area contributed by atoms with Gasteiger partial charge < -0.3 is 4.90 Å². The average Bonchev–Trinajstić information content (AvgIpc) is 3.77. The van der Waals surface area contributed by atoms with Gasteiger partial charge in [-0.25, -0.2) is 8.78 Å². The minimum absolute atomic E-state index is 0.107. The van der Waals surface area contributed by atoms with Crippen LogP contribution in [0.3, 0.4) is 0 Å². The van der Waals surface area contributed by atoms with Crippen molar-refractivity contribution in [2.75, 3.05) is 26.2 Å². The Balaban J connectivity index is 0.000000176. The number of halogens is 2. The first kappa shape index (κ1) is 34.0. The third kappa shape index (κ3) is 10.0. The molecule has 0 spiro atoms. The summed E-state index contributed by atoms with van der Waals surface area (Å²) < 4.78 is 25.3. The van der Waals surface area contributed by atoms with E-state index in [1.165, 1.54) is 38.5 Å². The van der Waals surface area contributed by atoms with Crippen LogP contribution in [0.2, 0.25) is 0 Å². The number of amides is 1. The number of carbonyl (C=O) groups is 1. The molecule has 5 heteroatoms. The third-order valence-corrected chi connectivity index (χ3v) is 10.9. The topological polar surface area (TPSA) is 23.6 Å². The molecule has 3 aliphatic carbocycles. The zero-order chi connectivity index (χ0) is 30.2. The number of rotatable bonds is 5. The molecular formula is C36H60F2N2O. The summed E-state index contributed by atoms with van der Waals surface area (Å²) in [5, 5.41) is 0. The van der Waals surface area contributed by atoms with Crippen LogP contribution in [0, 0.1) is 29.6 Å². The number of hydrogen-bond acceptors (Lipinski definition) is 2. The molecule has 1 aromatic carbocycles. The maximum atomic E-state index is 12.6.